The third-order valence-electron chi connectivity index (χ3n) is 4.25. The van der Waals surface area contributed by atoms with Crippen LogP contribution in [0.1, 0.15) is 25.7 Å². The average Bonchev–Trinajstić information content (AvgIpc) is 3.07. The van der Waals surface area contributed by atoms with Crippen molar-refractivity contribution in [3.63, 3.8) is 0 Å². The number of hydrogen-bond donors (Lipinski definition) is 3. The van der Waals surface area contributed by atoms with Crippen molar-refractivity contribution in [3.8, 4) is 5.75 Å². The van der Waals surface area contributed by atoms with Crippen LogP contribution in [0.25, 0.3) is 0 Å². The lowest BCUT2D eigenvalue weighted by Crippen LogP contribution is -2.16. The summed E-state index contributed by atoms with van der Waals surface area (Å²) < 4.78 is 0. The third-order valence-corrected chi connectivity index (χ3v) is 4.25. The molecule has 4 nitrogen and oxygen atoms in total. The zero-order chi connectivity index (χ0) is 12.7. The number of anilines is 2. The highest BCUT2D eigenvalue weighted by atomic mass is 16.3. The van der Waals surface area contributed by atoms with Gasteiger partial charge in [0.05, 0.1) is 11.4 Å². The Morgan fingerprint density at radius 3 is 2.56 bits per heavy atom. The molecule has 0 bridgehead atoms. The van der Waals surface area contributed by atoms with Crippen LogP contribution in [0.2, 0.25) is 0 Å². The minimum Gasteiger partial charge on any atom is -0.508 e. The molecular formula is C14H18N2O2. The van der Waals surface area contributed by atoms with E-state index in [9.17, 15) is 9.90 Å². The second-order valence-corrected chi connectivity index (χ2v) is 5.40. The molecule has 3 rings (SSSR count). The highest BCUT2D eigenvalue weighted by Crippen LogP contribution is 2.55. The minimum absolute atomic E-state index is 0.0873. The van der Waals surface area contributed by atoms with Gasteiger partial charge in [-0.3, -0.25) is 4.79 Å². The fraction of sp³-hybridized carbons (Fsp3) is 0.500. The Hall–Kier alpha value is -1.71. The number of phenols is 1. The minimum atomic E-state index is 0.0873. The normalized spacial score (nSPS) is 29.4. The summed E-state index contributed by atoms with van der Waals surface area (Å²) >= 11 is 0. The lowest BCUT2D eigenvalue weighted by Gasteiger charge is -2.08. The molecule has 0 heterocycles. The maximum atomic E-state index is 12.1. The summed E-state index contributed by atoms with van der Waals surface area (Å²) in [4.78, 5) is 12.1. The quantitative estimate of drug-likeness (QED) is 0.554. The lowest BCUT2D eigenvalue weighted by atomic mass is 10.0. The maximum absolute atomic E-state index is 12.1. The maximum Gasteiger partial charge on any atom is 0.228 e. The average molecular weight is 246 g/mol. The van der Waals surface area contributed by atoms with Crippen molar-refractivity contribution in [2.24, 2.45) is 17.8 Å². The van der Waals surface area contributed by atoms with Gasteiger partial charge in [-0.25, -0.2) is 0 Å². The van der Waals surface area contributed by atoms with Crippen LogP contribution in [0.3, 0.4) is 0 Å². The Bertz CT molecular complexity index is 475. The SMILES string of the molecule is Nc1cc(O)ccc1NC(=O)C1C2CCCCC21. The number of nitrogen functional groups attached to an aromatic ring is 1. The second kappa shape index (κ2) is 4.19. The molecule has 0 saturated heterocycles. The van der Waals surface area contributed by atoms with Gasteiger partial charge in [0.25, 0.3) is 0 Å². The molecule has 2 aliphatic rings. The van der Waals surface area contributed by atoms with Crippen LogP contribution in [-0.2, 0) is 4.79 Å². The standard InChI is InChI=1S/C14H18N2O2/c15-11-7-8(17)5-6-12(11)16-14(18)13-9-3-1-2-4-10(9)13/h5-7,9-10,13,17H,1-4,15H2,(H,16,18). The fourth-order valence-corrected chi connectivity index (χ4v) is 3.26. The van der Waals surface area contributed by atoms with Gasteiger partial charge in [-0.05, 0) is 36.8 Å². The van der Waals surface area contributed by atoms with Crippen LogP contribution >= 0.6 is 0 Å². The zero-order valence-corrected chi connectivity index (χ0v) is 10.2. The summed E-state index contributed by atoms with van der Waals surface area (Å²) in [5, 5.41) is 12.1. The first kappa shape index (κ1) is 11.4. The third kappa shape index (κ3) is 1.92. The highest BCUT2D eigenvalue weighted by molar-refractivity contribution is 5.97. The molecule has 2 fully saturated rings. The Balaban J connectivity index is 1.68. The smallest absolute Gasteiger partial charge is 0.228 e. The van der Waals surface area contributed by atoms with E-state index in [0.717, 1.165) is 0 Å². The first-order chi connectivity index (χ1) is 8.66. The van der Waals surface area contributed by atoms with Gasteiger partial charge in [0, 0.05) is 12.0 Å². The van der Waals surface area contributed by atoms with Crippen molar-refractivity contribution in [1.82, 2.24) is 0 Å². The molecule has 18 heavy (non-hydrogen) atoms. The van der Waals surface area contributed by atoms with Crippen LogP contribution in [0, 0.1) is 17.8 Å². The molecule has 2 aliphatic carbocycles. The van der Waals surface area contributed by atoms with E-state index in [1.165, 1.54) is 37.8 Å². The van der Waals surface area contributed by atoms with Gasteiger partial charge >= 0.3 is 0 Å². The zero-order valence-electron chi connectivity index (χ0n) is 10.2. The van der Waals surface area contributed by atoms with Gasteiger partial charge in [-0.2, -0.15) is 0 Å². The number of hydrogen-bond acceptors (Lipinski definition) is 3. The van der Waals surface area contributed by atoms with E-state index in [2.05, 4.69) is 5.32 Å². The van der Waals surface area contributed by atoms with Gasteiger partial charge in [0.2, 0.25) is 5.91 Å². The van der Waals surface area contributed by atoms with Crippen LogP contribution in [0.4, 0.5) is 11.4 Å². The molecule has 1 aromatic carbocycles. The van der Waals surface area contributed by atoms with E-state index in [1.54, 1.807) is 6.07 Å². The van der Waals surface area contributed by atoms with Gasteiger partial charge in [-0.1, -0.05) is 12.8 Å². The molecule has 96 valence electrons. The molecule has 1 amide bonds. The molecule has 2 unspecified atom stereocenters. The summed E-state index contributed by atoms with van der Waals surface area (Å²) in [6.45, 7) is 0. The van der Waals surface area contributed by atoms with Crippen LogP contribution in [-0.4, -0.2) is 11.0 Å². The van der Waals surface area contributed by atoms with Crippen LogP contribution in [0.5, 0.6) is 5.75 Å². The van der Waals surface area contributed by atoms with E-state index in [4.69, 9.17) is 5.73 Å². The number of rotatable bonds is 2. The van der Waals surface area contributed by atoms with E-state index in [-0.39, 0.29) is 17.6 Å². The van der Waals surface area contributed by atoms with Gasteiger partial charge in [0.1, 0.15) is 5.75 Å². The number of phenolic OH excluding ortho intramolecular Hbond substituents is 1. The summed E-state index contributed by atoms with van der Waals surface area (Å²) in [5.74, 6) is 1.57. The largest absolute Gasteiger partial charge is 0.508 e. The van der Waals surface area contributed by atoms with E-state index >= 15 is 0 Å². The number of carbonyl (C=O) groups excluding carboxylic acids is 1. The van der Waals surface area contributed by atoms with Crippen molar-refractivity contribution < 1.29 is 9.90 Å². The molecule has 0 spiro atoms. The Labute approximate surface area is 106 Å². The van der Waals surface area contributed by atoms with E-state index in [1.807, 2.05) is 0 Å². The molecule has 1 aromatic rings. The Morgan fingerprint density at radius 2 is 1.94 bits per heavy atom. The van der Waals surface area contributed by atoms with Crippen molar-refractivity contribution in [2.45, 2.75) is 25.7 Å². The van der Waals surface area contributed by atoms with Crippen LogP contribution in [0.15, 0.2) is 18.2 Å². The molecule has 4 N–H and O–H groups in total. The van der Waals surface area contributed by atoms with Gasteiger partial charge in [0.15, 0.2) is 0 Å². The number of carbonyl (C=O) groups is 1. The Kier molecular flexibility index (Phi) is 2.65. The number of nitrogens with one attached hydrogen (secondary N) is 1. The Morgan fingerprint density at radius 1 is 1.28 bits per heavy atom. The van der Waals surface area contributed by atoms with Gasteiger partial charge < -0.3 is 16.2 Å². The first-order valence-corrected chi connectivity index (χ1v) is 6.56. The number of benzene rings is 1. The second-order valence-electron chi connectivity index (χ2n) is 5.40. The first-order valence-electron chi connectivity index (χ1n) is 6.56. The summed E-state index contributed by atoms with van der Waals surface area (Å²) in [5.41, 5.74) is 6.77. The molecule has 0 aliphatic heterocycles. The van der Waals surface area contributed by atoms with Crippen molar-refractivity contribution in [2.75, 3.05) is 11.1 Å². The molecule has 2 saturated carbocycles. The highest BCUT2D eigenvalue weighted by Gasteiger charge is 2.54. The van der Waals surface area contributed by atoms with Crippen molar-refractivity contribution in [3.05, 3.63) is 18.2 Å². The molecule has 2 atom stereocenters. The molecule has 0 aromatic heterocycles. The number of fused-ring (bicyclic) bond motifs is 1. The molecular weight excluding hydrogens is 228 g/mol. The molecule has 0 radical (unpaired) electrons. The van der Waals surface area contributed by atoms with Crippen molar-refractivity contribution in [1.29, 1.82) is 0 Å². The number of amides is 1. The predicted molar refractivity (Wildman–Crippen MR) is 70.1 cm³/mol. The van der Waals surface area contributed by atoms with Crippen LogP contribution < -0.4 is 11.1 Å². The van der Waals surface area contributed by atoms with Gasteiger partial charge in [-0.15, -0.1) is 0 Å². The summed E-state index contributed by atoms with van der Waals surface area (Å²) in [6.07, 6.45) is 4.89. The number of nitrogens with two attached hydrogens (primary N) is 1. The number of aromatic hydroxyl groups is 1. The molecule has 4 heteroatoms. The fourth-order valence-electron chi connectivity index (χ4n) is 3.26. The summed E-state index contributed by atoms with van der Waals surface area (Å²) in [6, 6.07) is 4.64. The monoisotopic (exact) mass is 246 g/mol. The van der Waals surface area contributed by atoms with E-state index < -0.39 is 0 Å². The predicted octanol–water partition coefficient (Wildman–Crippen LogP) is 2.35. The topological polar surface area (TPSA) is 75.3 Å². The van der Waals surface area contributed by atoms with E-state index in [0.29, 0.717) is 23.2 Å². The lowest BCUT2D eigenvalue weighted by molar-refractivity contribution is -0.117. The van der Waals surface area contributed by atoms with Crippen molar-refractivity contribution >= 4 is 17.3 Å². The summed E-state index contributed by atoms with van der Waals surface area (Å²) in [7, 11) is 0.